The molecular weight excluding hydrogens is 293 g/mol. The van der Waals surface area contributed by atoms with Gasteiger partial charge in [0.1, 0.15) is 5.76 Å². The minimum Gasteiger partial charge on any atom is -0.455 e. The Balaban J connectivity index is 2.11. The van der Waals surface area contributed by atoms with Crippen molar-refractivity contribution in [3.63, 3.8) is 0 Å². The Hall–Kier alpha value is -1.48. The highest BCUT2D eigenvalue weighted by Gasteiger charge is 2.11. The second kappa shape index (κ2) is 5.13. The molecule has 0 radical (unpaired) electrons. The lowest BCUT2D eigenvalue weighted by Crippen LogP contribution is -2.05. The minimum absolute atomic E-state index is 0.0957. The summed E-state index contributed by atoms with van der Waals surface area (Å²) in [4.78, 5) is 0. The van der Waals surface area contributed by atoms with Crippen LogP contribution < -0.4 is 5.73 Å². The molecule has 2 aromatic carbocycles. The molecule has 0 aliphatic heterocycles. The van der Waals surface area contributed by atoms with Gasteiger partial charge in [-0.15, -0.1) is 0 Å². The van der Waals surface area contributed by atoms with Crippen molar-refractivity contribution in [3.05, 3.63) is 58.1 Å². The minimum atomic E-state index is -0.0957. The zero-order chi connectivity index (χ0) is 14.3. The molecule has 0 saturated heterocycles. The third-order valence-electron chi connectivity index (χ3n) is 3.27. The molecule has 2 N–H and O–H groups in total. The summed E-state index contributed by atoms with van der Waals surface area (Å²) in [6.45, 7) is 1.90. The number of nitrogens with two attached hydrogens (primary N) is 1. The maximum Gasteiger partial charge on any atom is 0.153 e. The van der Waals surface area contributed by atoms with Gasteiger partial charge in [0, 0.05) is 22.0 Å². The molecule has 1 aromatic heterocycles. The first-order chi connectivity index (χ1) is 9.56. The molecule has 1 heterocycles. The normalized spacial score (nSPS) is 12.8. The van der Waals surface area contributed by atoms with Crippen LogP contribution in [0.2, 0.25) is 10.0 Å². The quantitative estimate of drug-likeness (QED) is 0.686. The van der Waals surface area contributed by atoms with E-state index in [2.05, 4.69) is 0 Å². The highest BCUT2D eigenvalue weighted by Crippen LogP contribution is 2.34. The first-order valence-corrected chi connectivity index (χ1v) is 7.05. The SMILES string of the molecule is CC(N)c1ccc(-c2cc3cccc(Cl)c3o2)cc1Cl. The van der Waals surface area contributed by atoms with Crippen molar-refractivity contribution in [2.75, 3.05) is 0 Å². The molecule has 2 nitrogen and oxygen atoms in total. The molecule has 0 bridgehead atoms. The maximum atomic E-state index is 6.26. The Kier molecular flexibility index (Phi) is 3.47. The summed E-state index contributed by atoms with van der Waals surface area (Å²) in [6, 6.07) is 13.3. The molecule has 0 saturated carbocycles. The van der Waals surface area contributed by atoms with Crippen molar-refractivity contribution >= 4 is 34.2 Å². The van der Waals surface area contributed by atoms with E-state index in [1.54, 1.807) is 0 Å². The summed E-state index contributed by atoms with van der Waals surface area (Å²) in [5.74, 6) is 0.742. The van der Waals surface area contributed by atoms with Gasteiger partial charge < -0.3 is 10.2 Å². The number of hydrogen-bond donors (Lipinski definition) is 1. The standard InChI is InChI=1S/C16H13Cl2NO/c1-9(19)12-6-5-10(7-14(12)18)15-8-11-3-2-4-13(17)16(11)20-15/h2-9H,19H2,1H3. The number of para-hydroxylation sites is 1. The van der Waals surface area contributed by atoms with Gasteiger partial charge in [-0.05, 0) is 30.7 Å². The van der Waals surface area contributed by atoms with E-state index < -0.39 is 0 Å². The van der Waals surface area contributed by atoms with Crippen LogP contribution in [-0.2, 0) is 0 Å². The lowest BCUT2D eigenvalue weighted by atomic mass is 10.1. The van der Waals surface area contributed by atoms with Gasteiger partial charge in [-0.25, -0.2) is 0 Å². The predicted octanol–water partition coefficient (Wildman–Crippen LogP) is 5.43. The van der Waals surface area contributed by atoms with Crippen molar-refractivity contribution in [1.82, 2.24) is 0 Å². The fraction of sp³-hybridized carbons (Fsp3) is 0.125. The summed E-state index contributed by atoms with van der Waals surface area (Å²) in [7, 11) is 0. The number of halogens is 2. The molecule has 4 heteroatoms. The molecule has 1 atom stereocenters. The Labute approximate surface area is 127 Å². The van der Waals surface area contributed by atoms with E-state index in [0.717, 1.165) is 22.3 Å². The molecular formula is C16H13Cl2NO. The first kappa shape index (κ1) is 13.5. The fourth-order valence-electron chi connectivity index (χ4n) is 2.22. The van der Waals surface area contributed by atoms with E-state index >= 15 is 0 Å². The molecule has 0 aliphatic rings. The van der Waals surface area contributed by atoms with Gasteiger partial charge in [-0.1, -0.05) is 47.5 Å². The van der Waals surface area contributed by atoms with Crippen LogP contribution in [-0.4, -0.2) is 0 Å². The van der Waals surface area contributed by atoms with E-state index in [-0.39, 0.29) is 6.04 Å². The monoisotopic (exact) mass is 305 g/mol. The fourth-order valence-corrected chi connectivity index (χ4v) is 2.79. The van der Waals surface area contributed by atoms with Crippen LogP contribution in [0, 0.1) is 0 Å². The number of hydrogen-bond acceptors (Lipinski definition) is 2. The first-order valence-electron chi connectivity index (χ1n) is 6.29. The largest absolute Gasteiger partial charge is 0.455 e. The van der Waals surface area contributed by atoms with E-state index in [4.69, 9.17) is 33.4 Å². The molecule has 0 spiro atoms. The third kappa shape index (κ3) is 2.31. The van der Waals surface area contributed by atoms with Gasteiger partial charge in [-0.3, -0.25) is 0 Å². The number of rotatable bonds is 2. The summed E-state index contributed by atoms with van der Waals surface area (Å²) in [5, 5.41) is 2.22. The van der Waals surface area contributed by atoms with Gasteiger partial charge in [-0.2, -0.15) is 0 Å². The second-order valence-electron chi connectivity index (χ2n) is 4.79. The Morgan fingerprint density at radius 2 is 1.85 bits per heavy atom. The Bertz CT molecular complexity index is 777. The summed E-state index contributed by atoms with van der Waals surface area (Å²) >= 11 is 12.4. The molecule has 3 aromatic rings. The van der Waals surface area contributed by atoms with Crippen LogP contribution in [0.15, 0.2) is 46.9 Å². The third-order valence-corrected chi connectivity index (χ3v) is 3.90. The van der Waals surface area contributed by atoms with Gasteiger partial charge in [0.25, 0.3) is 0 Å². The predicted molar refractivity (Wildman–Crippen MR) is 84.3 cm³/mol. The molecule has 0 aliphatic carbocycles. The lowest BCUT2D eigenvalue weighted by Gasteiger charge is -2.08. The van der Waals surface area contributed by atoms with Crippen LogP contribution in [0.25, 0.3) is 22.3 Å². The zero-order valence-corrected chi connectivity index (χ0v) is 12.4. The molecule has 1 unspecified atom stereocenters. The van der Waals surface area contributed by atoms with Crippen LogP contribution in [0.3, 0.4) is 0 Å². The summed E-state index contributed by atoms with van der Waals surface area (Å²) < 4.78 is 5.82. The van der Waals surface area contributed by atoms with Crippen LogP contribution >= 0.6 is 23.2 Å². The molecule has 102 valence electrons. The second-order valence-corrected chi connectivity index (χ2v) is 5.61. The van der Waals surface area contributed by atoms with Crippen LogP contribution in [0.1, 0.15) is 18.5 Å². The van der Waals surface area contributed by atoms with Crippen molar-refractivity contribution < 1.29 is 4.42 Å². The average Bonchev–Trinajstić information content (AvgIpc) is 2.83. The van der Waals surface area contributed by atoms with Crippen molar-refractivity contribution in [1.29, 1.82) is 0 Å². The Morgan fingerprint density at radius 3 is 2.50 bits per heavy atom. The van der Waals surface area contributed by atoms with Crippen molar-refractivity contribution in [2.45, 2.75) is 13.0 Å². The van der Waals surface area contributed by atoms with Gasteiger partial charge >= 0.3 is 0 Å². The number of furan rings is 1. The Morgan fingerprint density at radius 1 is 1.05 bits per heavy atom. The molecule has 0 fully saturated rings. The molecule has 20 heavy (non-hydrogen) atoms. The zero-order valence-electron chi connectivity index (χ0n) is 10.9. The maximum absolute atomic E-state index is 6.26. The topological polar surface area (TPSA) is 39.2 Å². The number of benzene rings is 2. The van der Waals surface area contributed by atoms with Gasteiger partial charge in [0.15, 0.2) is 5.58 Å². The highest BCUT2D eigenvalue weighted by molar-refractivity contribution is 6.35. The summed E-state index contributed by atoms with van der Waals surface area (Å²) in [6.07, 6.45) is 0. The van der Waals surface area contributed by atoms with E-state index in [9.17, 15) is 0 Å². The average molecular weight is 306 g/mol. The van der Waals surface area contributed by atoms with Gasteiger partial charge in [0.2, 0.25) is 0 Å². The van der Waals surface area contributed by atoms with E-state index in [1.807, 2.05) is 49.4 Å². The highest BCUT2D eigenvalue weighted by atomic mass is 35.5. The molecule has 0 amide bonds. The van der Waals surface area contributed by atoms with Crippen LogP contribution in [0.4, 0.5) is 0 Å². The smallest absolute Gasteiger partial charge is 0.153 e. The lowest BCUT2D eigenvalue weighted by molar-refractivity contribution is 0.631. The summed E-state index contributed by atoms with van der Waals surface area (Å²) in [5.41, 5.74) is 8.38. The van der Waals surface area contributed by atoms with E-state index in [1.165, 1.54) is 0 Å². The molecule has 3 rings (SSSR count). The van der Waals surface area contributed by atoms with Crippen molar-refractivity contribution in [2.24, 2.45) is 5.73 Å². The number of fused-ring (bicyclic) bond motifs is 1. The van der Waals surface area contributed by atoms with E-state index in [0.29, 0.717) is 15.6 Å². The van der Waals surface area contributed by atoms with Gasteiger partial charge in [0.05, 0.1) is 5.02 Å². The van der Waals surface area contributed by atoms with Crippen LogP contribution in [0.5, 0.6) is 0 Å². The van der Waals surface area contributed by atoms with Crippen molar-refractivity contribution in [3.8, 4) is 11.3 Å².